The van der Waals surface area contributed by atoms with Crippen LogP contribution in [-0.2, 0) is 5.75 Å². The number of hydrogen-bond donors (Lipinski definition) is 1. The van der Waals surface area contributed by atoms with Crippen molar-refractivity contribution < 1.29 is 9.18 Å². The maximum atomic E-state index is 13.0. The monoisotopic (exact) mass is 419 g/mol. The largest absolute Gasteiger partial charge is 0.322 e. The Morgan fingerprint density at radius 1 is 1.00 bits per heavy atom. The molecule has 0 fully saturated rings. The number of nitrogens with zero attached hydrogens (tertiary/aromatic N) is 4. The lowest BCUT2D eigenvalue weighted by Gasteiger charge is -2.08. The van der Waals surface area contributed by atoms with E-state index < -0.39 is 0 Å². The van der Waals surface area contributed by atoms with Crippen molar-refractivity contribution in [3.8, 4) is 5.69 Å². The number of thioether (sulfide) groups is 1. The number of benzene rings is 3. The molecule has 0 atom stereocenters. The zero-order chi connectivity index (χ0) is 20.9. The van der Waals surface area contributed by atoms with Crippen LogP contribution >= 0.6 is 11.8 Å². The molecule has 4 rings (SSSR count). The van der Waals surface area contributed by atoms with Crippen molar-refractivity contribution in [1.82, 2.24) is 20.2 Å². The van der Waals surface area contributed by atoms with E-state index in [4.69, 9.17) is 0 Å². The van der Waals surface area contributed by atoms with Gasteiger partial charge in [0.05, 0.1) is 5.69 Å². The molecule has 0 saturated carbocycles. The fourth-order valence-corrected chi connectivity index (χ4v) is 3.60. The minimum atomic E-state index is -0.264. The second-order valence-corrected chi connectivity index (χ2v) is 7.60. The summed E-state index contributed by atoms with van der Waals surface area (Å²) in [4.78, 5) is 12.5. The molecule has 1 amide bonds. The van der Waals surface area contributed by atoms with Crippen LogP contribution in [0.15, 0.2) is 78.0 Å². The molecule has 0 saturated heterocycles. The van der Waals surface area contributed by atoms with E-state index in [1.807, 2.05) is 31.2 Å². The molecule has 0 aliphatic carbocycles. The molecule has 6 nitrogen and oxygen atoms in total. The molecular weight excluding hydrogens is 401 g/mol. The molecule has 0 aliphatic heterocycles. The summed E-state index contributed by atoms with van der Waals surface area (Å²) in [5.41, 5.74) is 4.13. The van der Waals surface area contributed by atoms with Crippen LogP contribution in [0.5, 0.6) is 0 Å². The van der Waals surface area contributed by atoms with E-state index in [2.05, 4.69) is 20.8 Å². The maximum absolute atomic E-state index is 13.0. The van der Waals surface area contributed by atoms with Gasteiger partial charge >= 0.3 is 0 Å². The number of amides is 1. The van der Waals surface area contributed by atoms with E-state index in [0.717, 1.165) is 22.5 Å². The van der Waals surface area contributed by atoms with E-state index >= 15 is 0 Å². The van der Waals surface area contributed by atoms with Crippen LogP contribution in [0.3, 0.4) is 0 Å². The van der Waals surface area contributed by atoms with E-state index in [0.29, 0.717) is 16.5 Å². The molecule has 0 spiro atoms. The van der Waals surface area contributed by atoms with Gasteiger partial charge in [-0.1, -0.05) is 41.6 Å². The van der Waals surface area contributed by atoms with Gasteiger partial charge in [0.2, 0.25) is 5.16 Å². The molecule has 0 radical (unpaired) electrons. The molecule has 1 heterocycles. The zero-order valence-corrected chi connectivity index (χ0v) is 16.9. The third kappa shape index (κ3) is 4.72. The van der Waals surface area contributed by atoms with E-state index in [9.17, 15) is 9.18 Å². The summed E-state index contributed by atoms with van der Waals surface area (Å²) in [5, 5.41) is 15.3. The van der Waals surface area contributed by atoms with Gasteiger partial charge in [-0.15, -0.1) is 5.10 Å². The molecule has 3 aromatic carbocycles. The fourth-order valence-electron chi connectivity index (χ4n) is 2.75. The number of aryl methyl sites for hydroxylation is 1. The van der Waals surface area contributed by atoms with Crippen molar-refractivity contribution in [1.29, 1.82) is 0 Å². The van der Waals surface area contributed by atoms with Gasteiger partial charge in [-0.3, -0.25) is 4.79 Å². The normalized spacial score (nSPS) is 10.7. The first-order chi connectivity index (χ1) is 14.6. The second-order valence-electron chi connectivity index (χ2n) is 6.66. The van der Waals surface area contributed by atoms with Crippen molar-refractivity contribution in [2.24, 2.45) is 0 Å². The summed E-state index contributed by atoms with van der Waals surface area (Å²) in [5.74, 6) is 0.158. The molecule has 0 unspecified atom stereocenters. The number of carbonyl (C=O) groups is 1. The van der Waals surface area contributed by atoms with Gasteiger partial charge < -0.3 is 5.32 Å². The van der Waals surface area contributed by atoms with Gasteiger partial charge in [0.25, 0.3) is 5.91 Å². The van der Waals surface area contributed by atoms with E-state index in [1.54, 1.807) is 41.1 Å². The summed E-state index contributed by atoms with van der Waals surface area (Å²) < 4.78 is 14.6. The Kier molecular flexibility index (Phi) is 5.85. The second kappa shape index (κ2) is 8.87. The quantitative estimate of drug-likeness (QED) is 0.461. The number of rotatable bonds is 6. The van der Waals surface area contributed by atoms with Crippen molar-refractivity contribution in [3.05, 3.63) is 95.3 Å². The molecule has 0 bridgehead atoms. The summed E-state index contributed by atoms with van der Waals surface area (Å²) in [6.45, 7) is 2.00. The van der Waals surface area contributed by atoms with Gasteiger partial charge in [0.1, 0.15) is 5.82 Å². The third-order valence-electron chi connectivity index (χ3n) is 4.41. The first kappa shape index (κ1) is 19.8. The first-order valence-corrected chi connectivity index (χ1v) is 10.2. The predicted octanol–water partition coefficient (Wildman–Crippen LogP) is 4.65. The highest BCUT2D eigenvalue weighted by Gasteiger charge is 2.11. The third-order valence-corrected chi connectivity index (χ3v) is 5.40. The molecule has 4 aromatic rings. The van der Waals surface area contributed by atoms with Crippen LogP contribution in [0, 0.1) is 12.7 Å². The average Bonchev–Trinajstić information content (AvgIpc) is 3.24. The van der Waals surface area contributed by atoms with Gasteiger partial charge in [0, 0.05) is 17.0 Å². The Bertz CT molecular complexity index is 1140. The van der Waals surface area contributed by atoms with Crippen LogP contribution in [0.25, 0.3) is 5.69 Å². The molecule has 1 N–H and O–H groups in total. The Hall–Kier alpha value is -3.52. The minimum absolute atomic E-state index is 0.187. The Labute approximate surface area is 177 Å². The van der Waals surface area contributed by atoms with E-state index in [-0.39, 0.29) is 11.7 Å². The lowest BCUT2D eigenvalue weighted by Crippen LogP contribution is -2.12. The highest BCUT2D eigenvalue weighted by Crippen LogP contribution is 2.23. The summed E-state index contributed by atoms with van der Waals surface area (Å²) in [7, 11) is 0. The lowest BCUT2D eigenvalue weighted by atomic mass is 10.2. The molecule has 30 heavy (non-hydrogen) atoms. The molecular formula is C22H18FN5OS. The number of carbonyl (C=O) groups excluding carboxylic acids is 1. The van der Waals surface area contributed by atoms with Crippen LogP contribution in [0.4, 0.5) is 10.1 Å². The average molecular weight is 419 g/mol. The first-order valence-electron chi connectivity index (χ1n) is 9.22. The van der Waals surface area contributed by atoms with Gasteiger partial charge in [-0.25, -0.2) is 4.39 Å². The number of halogens is 1. The van der Waals surface area contributed by atoms with Gasteiger partial charge in [-0.2, -0.15) is 4.68 Å². The molecule has 150 valence electrons. The van der Waals surface area contributed by atoms with Crippen LogP contribution in [-0.4, -0.2) is 26.1 Å². The Morgan fingerprint density at radius 2 is 1.70 bits per heavy atom. The van der Waals surface area contributed by atoms with Crippen molar-refractivity contribution in [2.75, 3.05) is 5.32 Å². The highest BCUT2D eigenvalue weighted by atomic mass is 32.2. The maximum Gasteiger partial charge on any atom is 0.255 e. The standard InChI is InChI=1S/C22H18FN5OS/c1-15-2-10-19(11-3-15)24-21(29)17-6-12-20(13-7-17)28-22(25-26-27-28)30-14-16-4-8-18(23)9-5-16/h2-13H,14H2,1H3,(H,24,29). The number of hydrogen-bond acceptors (Lipinski definition) is 5. The fraction of sp³-hybridized carbons (Fsp3) is 0.0909. The highest BCUT2D eigenvalue weighted by molar-refractivity contribution is 7.98. The molecule has 8 heteroatoms. The lowest BCUT2D eigenvalue weighted by molar-refractivity contribution is 0.102. The smallest absolute Gasteiger partial charge is 0.255 e. The van der Waals surface area contributed by atoms with Crippen LogP contribution in [0.1, 0.15) is 21.5 Å². The van der Waals surface area contributed by atoms with E-state index in [1.165, 1.54) is 23.9 Å². The Morgan fingerprint density at radius 3 is 2.40 bits per heavy atom. The van der Waals surface area contributed by atoms with Crippen LogP contribution < -0.4 is 5.32 Å². The summed E-state index contributed by atoms with van der Waals surface area (Å²) in [6.07, 6.45) is 0. The van der Waals surface area contributed by atoms with Crippen molar-refractivity contribution >= 4 is 23.4 Å². The molecule has 1 aromatic heterocycles. The molecule has 0 aliphatic rings. The predicted molar refractivity (Wildman–Crippen MR) is 114 cm³/mol. The summed E-state index contributed by atoms with van der Waals surface area (Å²) in [6, 6.07) is 21.0. The van der Waals surface area contributed by atoms with Crippen molar-refractivity contribution in [3.63, 3.8) is 0 Å². The van der Waals surface area contributed by atoms with Crippen molar-refractivity contribution in [2.45, 2.75) is 17.8 Å². The zero-order valence-electron chi connectivity index (χ0n) is 16.1. The van der Waals surface area contributed by atoms with Gasteiger partial charge in [0.15, 0.2) is 0 Å². The number of anilines is 1. The topological polar surface area (TPSA) is 72.7 Å². The number of nitrogens with one attached hydrogen (secondary N) is 1. The van der Waals surface area contributed by atoms with Crippen LogP contribution in [0.2, 0.25) is 0 Å². The number of aromatic nitrogens is 4. The minimum Gasteiger partial charge on any atom is -0.322 e. The summed E-state index contributed by atoms with van der Waals surface area (Å²) >= 11 is 1.45. The Balaban J connectivity index is 1.44. The number of tetrazole rings is 1. The SMILES string of the molecule is Cc1ccc(NC(=O)c2ccc(-n3nnnc3SCc3ccc(F)cc3)cc2)cc1. The van der Waals surface area contributed by atoms with Gasteiger partial charge in [-0.05, 0) is 71.4 Å².